The van der Waals surface area contributed by atoms with E-state index in [1.165, 1.54) is 11.3 Å². The number of ether oxygens (including phenoxy) is 1. The zero-order chi connectivity index (χ0) is 18.7. The van der Waals surface area contributed by atoms with Gasteiger partial charge in [-0.2, -0.15) is 5.10 Å². The number of fused-ring (bicyclic) bond motifs is 1. The number of carbonyl (C=O) groups excluding carboxylic acids is 1. The maximum atomic E-state index is 13.2. The van der Waals surface area contributed by atoms with Crippen LogP contribution < -0.4 is 9.64 Å². The first-order valence-electron chi connectivity index (χ1n) is 8.47. The van der Waals surface area contributed by atoms with Gasteiger partial charge in [-0.25, -0.2) is 4.98 Å². The zero-order valence-electron chi connectivity index (χ0n) is 15.9. The number of methoxy groups -OCH3 is 1. The number of thiazole rings is 1. The second-order valence-electron chi connectivity index (χ2n) is 6.10. The molecule has 3 aromatic rings. The summed E-state index contributed by atoms with van der Waals surface area (Å²) in [5.74, 6) is 0.618. The number of benzene rings is 1. The molecule has 0 spiro atoms. The Bertz CT molecular complexity index is 908. The van der Waals surface area contributed by atoms with E-state index in [9.17, 15) is 4.79 Å². The fourth-order valence-electron chi connectivity index (χ4n) is 2.68. The number of para-hydroxylation sites is 1. The maximum Gasteiger partial charge on any atom is 0.278 e. The van der Waals surface area contributed by atoms with Crippen molar-refractivity contribution in [3.8, 4) is 5.75 Å². The minimum absolute atomic E-state index is 0. The van der Waals surface area contributed by atoms with Gasteiger partial charge in [0.05, 0.1) is 11.8 Å². The Kier molecular flexibility index (Phi) is 7.18. The Morgan fingerprint density at radius 3 is 2.70 bits per heavy atom. The third-order valence-corrected chi connectivity index (χ3v) is 5.12. The van der Waals surface area contributed by atoms with Crippen LogP contribution >= 0.6 is 23.7 Å². The molecule has 0 saturated heterocycles. The van der Waals surface area contributed by atoms with E-state index < -0.39 is 0 Å². The number of aryl methyl sites for hydroxylation is 1. The molecule has 0 aliphatic carbocycles. The van der Waals surface area contributed by atoms with Crippen LogP contribution in [0.3, 0.4) is 0 Å². The lowest BCUT2D eigenvalue weighted by Gasteiger charge is -2.22. The lowest BCUT2D eigenvalue weighted by Crippen LogP contribution is -2.37. The molecule has 1 amide bonds. The Balaban J connectivity index is 0.00000261. The predicted molar refractivity (Wildman–Crippen MR) is 112 cm³/mol. The van der Waals surface area contributed by atoms with E-state index in [0.717, 1.165) is 16.8 Å². The summed E-state index contributed by atoms with van der Waals surface area (Å²) in [5.41, 5.74) is 1.35. The second-order valence-corrected chi connectivity index (χ2v) is 7.10. The summed E-state index contributed by atoms with van der Waals surface area (Å²) in [4.78, 5) is 21.7. The molecule has 27 heavy (non-hydrogen) atoms. The van der Waals surface area contributed by atoms with Crippen molar-refractivity contribution in [2.75, 3.05) is 39.2 Å². The monoisotopic (exact) mass is 409 g/mol. The van der Waals surface area contributed by atoms with Gasteiger partial charge in [-0.05, 0) is 39.2 Å². The van der Waals surface area contributed by atoms with Gasteiger partial charge in [0, 0.05) is 25.8 Å². The van der Waals surface area contributed by atoms with Crippen LogP contribution in [0.2, 0.25) is 0 Å². The summed E-state index contributed by atoms with van der Waals surface area (Å²) in [6.07, 6.45) is 1.65. The van der Waals surface area contributed by atoms with Crippen LogP contribution in [0, 0.1) is 0 Å². The van der Waals surface area contributed by atoms with Gasteiger partial charge in [0.15, 0.2) is 5.13 Å². The number of anilines is 1. The molecular formula is C18H24ClN5O2S. The molecule has 1 aromatic carbocycles. The van der Waals surface area contributed by atoms with Gasteiger partial charge in [-0.1, -0.05) is 17.4 Å². The van der Waals surface area contributed by atoms with Crippen molar-refractivity contribution < 1.29 is 9.53 Å². The molecule has 0 N–H and O–H groups in total. The highest BCUT2D eigenvalue weighted by Gasteiger charge is 2.24. The molecular weight excluding hydrogens is 386 g/mol. The van der Waals surface area contributed by atoms with Crippen LogP contribution in [-0.2, 0) is 6.54 Å². The Morgan fingerprint density at radius 1 is 1.26 bits per heavy atom. The van der Waals surface area contributed by atoms with Gasteiger partial charge in [-0.15, -0.1) is 12.4 Å². The third kappa shape index (κ3) is 4.40. The van der Waals surface area contributed by atoms with E-state index in [-0.39, 0.29) is 18.3 Å². The van der Waals surface area contributed by atoms with Crippen LogP contribution in [0.25, 0.3) is 10.2 Å². The number of carbonyl (C=O) groups is 1. The van der Waals surface area contributed by atoms with E-state index in [4.69, 9.17) is 9.72 Å². The molecule has 0 fully saturated rings. The van der Waals surface area contributed by atoms with Crippen molar-refractivity contribution in [3.63, 3.8) is 0 Å². The largest absolute Gasteiger partial charge is 0.494 e. The van der Waals surface area contributed by atoms with Crippen LogP contribution in [0.5, 0.6) is 5.75 Å². The molecule has 0 unspecified atom stereocenters. The van der Waals surface area contributed by atoms with E-state index in [0.29, 0.717) is 29.7 Å². The molecule has 3 rings (SSSR count). The van der Waals surface area contributed by atoms with E-state index in [1.54, 1.807) is 29.0 Å². The fourth-order valence-corrected chi connectivity index (χ4v) is 3.69. The van der Waals surface area contributed by atoms with Gasteiger partial charge in [0.2, 0.25) is 0 Å². The summed E-state index contributed by atoms with van der Waals surface area (Å²) in [5, 5.41) is 4.89. The molecule has 0 atom stereocenters. The van der Waals surface area contributed by atoms with Crippen LogP contribution in [0.4, 0.5) is 5.13 Å². The third-order valence-electron chi connectivity index (χ3n) is 4.07. The number of nitrogens with zero attached hydrogens (tertiary/aromatic N) is 5. The van der Waals surface area contributed by atoms with Crippen molar-refractivity contribution >= 4 is 45.0 Å². The number of hydrogen-bond donors (Lipinski definition) is 0. The first kappa shape index (κ1) is 21.1. The van der Waals surface area contributed by atoms with Crippen LogP contribution in [-0.4, -0.2) is 59.9 Å². The maximum absolute atomic E-state index is 13.2. The molecule has 0 aliphatic heterocycles. The molecule has 0 aliphatic rings. The molecule has 9 heteroatoms. The molecule has 0 saturated carbocycles. The van der Waals surface area contributed by atoms with Gasteiger partial charge in [0.1, 0.15) is 17.0 Å². The first-order chi connectivity index (χ1) is 12.5. The Hall–Kier alpha value is -2.16. The van der Waals surface area contributed by atoms with Crippen molar-refractivity contribution in [1.29, 1.82) is 0 Å². The Labute approximate surface area is 169 Å². The number of amides is 1. The van der Waals surface area contributed by atoms with E-state index in [2.05, 4.69) is 5.10 Å². The SMILES string of the molecule is CCn1nccc1C(=O)N(CCN(C)C)c1nc2c(OC)cccc2s1.Cl. The summed E-state index contributed by atoms with van der Waals surface area (Å²) >= 11 is 1.49. The van der Waals surface area contributed by atoms with Gasteiger partial charge >= 0.3 is 0 Å². The van der Waals surface area contributed by atoms with Gasteiger partial charge < -0.3 is 9.64 Å². The highest BCUT2D eigenvalue weighted by Crippen LogP contribution is 2.34. The quantitative estimate of drug-likeness (QED) is 0.599. The van der Waals surface area contributed by atoms with E-state index in [1.807, 2.05) is 44.1 Å². The second kappa shape index (κ2) is 9.16. The minimum Gasteiger partial charge on any atom is -0.494 e. The first-order valence-corrected chi connectivity index (χ1v) is 9.28. The van der Waals surface area contributed by atoms with Crippen molar-refractivity contribution in [2.24, 2.45) is 0 Å². The standard InChI is InChI=1S/C18H23N5O2S.ClH/c1-5-23-13(9-10-19-23)17(24)22(12-11-21(2)3)18-20-16-14(25-4)7-6-8-15(16)26-18;/h6-10H,5,11-12H2,1-4H3;1H. The van der Waals surface area contributed by atoms with E-state index >= 15 is 0 Å². The topological polar surface area (TPSA) is 63.5 Å². The minimum atomic E-state index is -0.0933. The smallest absolute Gasteiger partial charge is 0.278 e. The van der Waals surface area contributed by atoms with Crippen LogP contribution in [0.1, 0.15) is 17.4 Å². The lowest BCUT2D eigenvalue weighted by molar-refractivity contribution is 0.0975. The summed E-state index contributed by atoms with van der Waals surface area (Å²) < 4.78 is 8.11. The number of aromatic nitrogens is 3. The molecule has 0 radical (unpaired) electrons. The zero-order valence-corrected chi connectivity index (χ0v) is 17.5. The Morgan fingerprint density at radius 2 is 2.04 bits per heavy atom. The number of likely N-dealkylation sites (N-methyl/N-ethyl adjacent to an activating group) is 1. The van der Waals surface area contributed by atoms with Crippen molar-refractivity contribution in [2.45, 2.75) is 13.5 Å². The normalized spacial score (nSPS) is 10.9. The highest BCUT2D eigenvalue weighted by atomic mass is 35.5. The average Bonchev–Trinajstić information content (AvgIpc) is 3.27. The molecule has 2 heterocycles. The van der Waals surface area contributed by atoms with Gasteiger partial charge in [-0.3, -0.25) is 14.4 Å². The summed E-state index contributed by atoms with van der Waals surface area (Å²) in [6, 6.07) is 7.55. The lowest BCUT2D eigenvalue weighted by atomic mass is 10.3. The van der Waals surface area contributed by atoms with Crippen molar-refractivity contribution in [1.82, 2.24) is 19.7 Å². The highest BCUT2D eigenvalue weighted by molar-refractivity contribution is 7.22. The van der Waals surface area contributed by atoms with Crippen molar-refractivity contribution in [3.05, 3.63) is 36.2 Å². The average molecular weight is 410 g/mol. The molecule has 146 valence electrons. The van der Waals surface area contributed by atoms with Gasteiger partial charge in [0.25, 0.3) is 5.91 Å². The molecule has 2 aromatic heterocycles. The fraction of sp³-hybridized carbons (Fsp3) is 0.389. The number of halogens is 1. The number of rotatable bonds is 7. The van der Waals surface area contributed by atoms with Crippen LogP contribution in [0.15, 0.2) is 30.5 Å². The predicted octanol–water partition coefficient (Wildman–Crippen LogP) is 3.15. The molecule has 7 nitrogen and oxygen atoms in total. The summed E-state index contributed by atoms with van der Waals surface area (Å²) in [6.45, 7) is 3.89. The summed E-state index contributed by atoms with van der Waals surface area (Å²) in [7, 11) is 5.60. The molecule has 0 bridgehead atoms. The number of hydrogen-bond acceptors (Lipinski definition) is 6.